The Labute approximate surface area is 143 Å². The summed E-state index contributed by atoms with van der Waals surface area (Å²) in [5, 5.41) is 2.79. The van der Waals surface area contributed by atoms with Gasteiger partial charge in [-0.15, -0.1) is 0 Å². The second kappa shape index (κ2) is 8.07. The quantitative estimate of drug-likeness (QED) is 0.852. The molecule has 1 amide bonds. The van der Waals surface area contributed by atoms with E-state index in [1.807, 2.05) is 0 Å². The topological polar surface area (TPSA) is 66.5 Å². The molecule has 5 nitrogen and oxygen atoms in total. The molecule has 0 radical (unpaired) electrons. The predicted molar refractivity (Wildman–Crippen MR) is 91.4 cm³/mol. The van der Waals surface area contributed by atoms with Crippen LogP contribution in [0.4, 0.5) is 4.39 Å². The summed E-state index contributed by atoms with van der Waals surface area (Å²) in [5.74, 6) is -0.680. The van der Waals surface area contributed by atoms with Gasteiger partial charge in [0.05, 0.1) is 18.8 Å². The number of sulfonamides is 1. The zero-order valence-electron chi connectivity index (χ0n) is 14.2. The van der Waals surface area contributed by atoms with Crippen LogP contribution in [0.3, 0.4) is 0 Å². The van der Waals surface area contributed by atoms with Crippen LogP contribution in [0.5, 0.6) is 0 Å². The van der Waals surface area contributed by atoms with Gasteiger partial charge in [-0.05, 0) is 37.5 Å². The number of benzene rings is 1. The van der Waals surface area contributed by atoms with E-state index in [9.17, 15) is 17.6 Å². The lowest BCUT2D eigenvalue weighted by molar-refractivity contribution is -0.122. The molecule has 0 aromatic heterocycles. The predicted octanol–water partition coefficient (Wildman–Crippen LogP) is 2.60. The number of hydrogen-bond acceptors (Lipinski definition) is 3. The Hall–Kier alpha value is -1.47. The number of carbonyl (C=O) groups is 1. The monoisotopic (exact) mass is 356 g/mol. The van der Waals surface area contributed by atoms with Gasteiger partial charge in [-0.1, -0.05) is 31.4 Å². The first-order valence-electron chi connectivity index (χ1n) is 8.29. The third-order valence-corrected chi connectivity index (χ3v) is 5.73. The third-order valence-electron chi connectivity index (χ3n) is 4.45. The van der Waals surface area contributed by atoms with Crippen LogP contribution in [-0.2, 0) is 14.8 Å². The van der Waals surface area contributed by atoms with E-state index in [1.165, 1.54) is 16.4 Å². The highest BCUT2D eigenvalue weighted by Crippen LogP contribution is 2.24. The fraction of sp³-hybridized carbons (Fsp3) is 0.588. The number of nitrogens with zero attached hydrogens (tertiary/aromatic N) is 1. The van der Waals surface area contributed by atoms with E-state index in [4.69, 9.17) is 0 Å². The van der Waals surface area contributed by atoms with Crippen molar-refractivity contribution in [2.45, 2.75) is 51.1 Å². The maximum absolute atomic E-state index is 13.0. The molecule has 134 valence electrons. The molecule has 0 aliphatic heterocycles. The number of halogens is 1. The van der Waals surface area contributed by atoms with E-state index >= 15 is 0 Å². The van der Waals surface area contributed by atoms with E-state index in [1.54, 1.807) is 19.1 Å². The highest BCUT2D eigenvalue weighted by atomic mass is 32.2. The lowest BCUT2D eigenvalue weighted by Gasteiger charge is -2.32. The largest absolute Gasteiger partial charge is 0.348 e. The zero-order valence-corrected chi connectivity index (χ0v) is 15.0. The smallest absolute Gasteiger partial charge is 0.235 e. The Kier molecular flexibility index (Phi) is 6.34. The molecule has 1 fully saturated rings. The molecular formula is C17H25FN2O3S. The molecule has 1 aliphatic carbocycles. The summed E-state index contributed by atoms with van der Waals surface area (Å²) in [4.78, 5) is 12.3. The van der Waals surface area contributed by atoms with Gasteiger partial charge < -0.3 is 5.32 Å². The van der Waals surface area contributed by atoms with E-state index in [-0.39, 0.29) is 30.4 Å². The molecular weight excluding hydrogens is 331 g/mol. The normalized spacial score (nSPS) is 17.7. The van der Waals surface area contributed by atoms with E-state index in [0.717, 1.165) is 43.9 Å². The molecule has 0 spiro atoms. The van der Waals surface area contributed by atoms with Crippen molar-refractivity contribution in [2.24, 2.45) is 0 Å². The molecule has 2 rings (SSSR count). The molecule has 24 heavy (non-hydrogen) atoms. The van der Waals surface area contributed by atoms with Gasteiger partial charge in [0.25, 0.3) is 0 Å². The van der Waals surface area contributed by atoms with Crippen LogP contribution in [-0.4, -0.2) is 37.5 Å². The van der Waals surface area contributed by atoms with Gasteiger partial charge in [0.15, 0.2) is 0 Å². The minimum atomic E-state index is -3.44. The third kappa shape index (κ3) is 5.27. The van der Waals surface area contributed by atoms with Crippen molar-refractivity contribution in [3.8, 4) is 0 Å². The van der Waals surface area contributed by atoms with Crippen molar-refractivity contribution >= 4 is 15.9 Å². The van der Waals surface area contributed by atoms with Crippen molar-refractivity contribution in [2.75, 3.05) is 12.8 Å². The van der Waals surface area contributed by atoms with Crippen molar-refractivity contribution in [3.63, 3.8) is 0 Å². The first-order valence-corrected chi connectivity index (χ1v) is 10.1. The molecule has 1 atom stereocenters. The van der Waals surface area contributed by atoms with Crippen molar-refractivity contribution in [1.29, 1.82) is 0 Å². The van der Waals surface area contributed by atoms with E-state index < -0.39 is 10.0 Å². The molecule has 0 heterocycles. The number of nitrogens with one attached hydrogen (secondary N) is 1. The van der Waals surface area contributed by atoms with Crippen molar-refractivity contribution in [3.05, 3.63) is 35.6 Å². The molecule has 7 heteroatoms. The molecule has 0 unspecified atom stereocenters. The number of carbonyl (C=O) groups excluding carboxylic acids is 1. The molecule has 1 N–H and O–H groups in total. The molecule has 0 bridgehead atoms. The number of amides is 1. The Balaban J connectivity index is 2.00. The van der Waals surface area contributed by atoms with Crippen LogP contribution in [0.25, 0.3) is 0 Å². The Bertz CT molecular complexity index is 655. The van der Waals surface area contributed by atoms with Crippen LogP contribution < -0.4 is 5.32 Å². The summed E-state index contributed by atoms with van der Waals surface area (Å²) in [6.45, 7) is 1.62. The molecule has 1 saturated carbocycles. The Morgan fingerprint density at radius 2 is 1.83 bits per heavy atom. The maximum Gasteiger partial charge on any atom is 0.235 e. The lowest BCUT2D eigenvalue weighted by atomic mass is 9.95. The number of rotatable bonds is 6. The van der Waals surface area contributed by atoms with Crippen LogP contribution in [0.1, 0.15) is 50.6 Å². The fourth-order valence-corrected chi connectivity index (χ4v) is 4.25. The van der Waals surface area contributed by atoms with Gasteiger partial charge in [0, 0.05) is 6.04 Å². The molecule has 1 aliphatic rings. The van der Waals surface area contributed by atoms with Crippen LogP contribution >= 0.6 is 0 Å². The van der Waals surface area contributed by atoms with Gasteiger partial charge in [0.1, 0.15) is 5.82 Å². The molecule has 0 saturated heterocycles. The molecule has 1 aromatic carbocycles. The van der Waals surface area contributed by atoms with Crippen molar-refractivity contribution < 1.29 is 17.6 Å². The van der Waals surface area contributed by atoms with Gasteiger partial charge in [-0.2, -0.15) is 4.31 Å². The average molecular weight is 356 g/mol. The standard InChI is InChI=1S/C17H25FN2O3S/c1-13(14-8-10-15(18)11-9-14)19-17(21)12-20(24(2,22)23)16-6-4-3-5-7-16/h8-11,13,16H,3-7,12H2,1-2H3,(H,19,21)/t13-/m0/s1. The molecule has 1 aromatic rings. The van der Waals surface area contributed by atoms with Crippen molar-refractivity contribution in [1.82, 2.24) is 9.62 Å². The Morgan fingerprint density at radius 3 is 2.38 bits per heavy atom. The summed E-state index contributed by atoms with van der Waals surface area (Å²) in [5.41, 5.74) is 0.772. The van der Waals surface area contributed by atoms with Gasteiger partial charge in [-0.3, -0.25) is 4.79 Å². The van der Waals surface area contributed by atoms with Gasteiger partial charge >= 0.3 is 0 Å². The zero-order chi connectivity index (χ0) is 17.7. The van der Waals surface area contributed by atoms with Crippen LogP contribution in [0, 0.1) is 5.82 Å². The van der Waals surface area contributed by atoms with Crippen LogP contribution in [0.15, 0.2) is 24.3 Å². The second-order valence-corrected chi connectivity index (χ2v) is 8.38. The summed E-state index contributed by atoms with van der Waals surface area (Å²) >= 11 is 0. The minimum Gasteiger partial charge on any atom is -0.348 e. The number of hydrogen-bond donors (Lipinski definition) is 1. The summed E-state index contributed by atoms with van der Waals surface area (Å²) in [7, 11) is -3.44. The average Bonchev–Trinajstić information content (AvgIpc) is 2.53. The fourth-order valence-electron chi connectivity index (χ4n) is 3.15. The summed E-state index contributed by atoms with van der Waals surface area (Å²) in [6.07, 6.45) is 5.84. The highest BCUT2D eigenvalue weighted by Gasteiger charge is 2.30. The summed E-state index contributed by atoms with van der Waals surface area (Å²) < 4.78 is 38.4. The second-order valence-electron chi connectivity index (χ2n) is 6.44. The highest BCUT2D eigenvalue weighted by molar-refractivity contribution is 7.88. The maximum atomic E-state index is 13.0. The Morgan fingerprint density at radius 1 is 1.25 bits per heavy atom. The minimum absolute atomic E-state index is 0.0966. The first kappa shape index (κ1) is 18.9. The first-order chi connectivity index (χ1) is 11.3. The lowest BCUT2D eigenvalue weighted by Crippen LogP contribution is -2.46. The van der Waals surface area contributed by atoms with Gasteiger partial charge in [-0.25, -0.2) is 12.8 Å². The SMILES string of the molecule is C[C@H](NC(=O)CN(C1CCCCC1)S(C)(=O)=O)c1ccc(F)cc1. The van der Waals surface area contributed by atoms with Crippen LogP contribution in [0.2, 0.25) is 0 Å². The van der Waals surface area contributed by atoms with E-state index in [0.29, 0.717) is 0 Å². The van der Waals surface area contributed by atoms with Gasteiger partial charge in [0.2, 0.25) is 15.9 Å². The van der Waals surface area contributed by atoms with E-state index in [2.05, 4.69) is 5.32 Å². The summed E-state index contributed by atoms with van der Waals surface area (Å²) in [6, 6.07) is 5.48.